The van der Waals surface area contributed by atoms with Gasteiger partial charge in [-0.25, -0.2) is 4.39 Å². The Kier molecular flexibility index (Phi) is 4.97. The van der Waals surface area contributed by atoms with Gasteiger partial charge in [-0.1, -0.05) is 29.8 Å². The molecule has 0 saturated carbocycles. The van der Waals surface area contributed by atoms with E-state index >= 15 is 0 Å². The molecule has 0 aliphatic rings. The Morgan fingerprint density at radius 2 is 1.90 bits per heavy atom. The highest BCUT2D eigenvalue weighted by Gasteiger charge is 2.09. The van der Waals surface area contributed by atoms with Gasteiger partial charge in [-0.05, 0) is 44.0 Å². The van der Waals surface area contributed by atoms with E-state index in [2.05, 4.69) is 18.3 Å². The second-order valence-electron chi connectivity index (χ2n) is 5.43. The Labute approximate surface area is 126 Å². The van der Waals surface area contributed by atoms with E-state index < -0.39 is 0 Å². The molecule has 21 heavy (non-hydrogen) atoms. The number of aryl methyl sites for hydroxylation is 2. The van der Waals surface area contributed by atoms with E-state index in [9.17, 15) is 4.39 Å². The van der Waals surface area contributed by atoms with Crippen LogP contribution in [0.5, 0.6) is 5.75 Å². The minimum atomic E-state index is -0.158. The first-order valence-corrected chi connectivity index (χ1v) is 7.14. The molecule has 0 spiro atoms. The van der Waals surface area contributed by atoms with Crippen LogP contribution in [0, 0.1) is 19.7 Å². The zero-order valence-corrected chi connectivity index (χ0v) is 13.0. The first kappa shape index (κ1) is 15.5. The maximum Gasteiger partial charge on any atom is 0.126 e. The number of hydrogen-bond acceptors (Lipinski definition) is 2. The van der Waals surface area contributed by atoms with Crippen molar-refractivity contribution in [3.63, 3.8) is 0 Å². The van der Waals surface area contributed by atoms with E-state index in [0.717, 1.165) is 16.9 Å². The summed E-state index contributed by atoms with van der Waals surface area (Å²) in [6.45, 7) is 6.55. The van der Waals surface area contributed by atoms with E-state index in [1.807, 2.05) is 31.2 Å². The third kappa shape index (κ3) is 3.82. The van der Waals surface area contributed by atoms with E-state index in [1.54, 1.807) is 20.1 Å². The van der Waals surface area contributed by atoms with Gasteiger partial charge in [0, 0.05) is 18.2 Å². The van der Waals surface area contributed by atoms with Crippen LogP contribution < -0.4 is 10.1 Å². The van der Waals surface area contributed by atoms with E-state index in [1.165, 1.54) is 5.56 Å². The van der Waals surface area contributed by atoms with E-state index in [0.29, 0.717) is 12.1 Å². The van der Waals surface area contributed by atoms with Crippen LogP contribution in [-0.2, 0) is 6.54 Å². The lowest BCUT2D eigenvalue weighted by Gasteiger charge is -2.17. The molecule has 112 valence electrons. The predicted molar refractivity (Wildman–Crippen MR) is 84.1 cm³/mol. The number of nitrogens with one attached hydrogen (secondary N) is 1. The van der Waals surface area contributed by atoms with Gasteiger partial charge in [0.15, 0.2) is 0 Å². The molecule has 0 radical (unpaired) electrons. The summed E-state index contributed by atoms with van der Waals surface area (Å²) in [7, 11) is 1.67. The minimum Gasteiger partial charge on any atom is -0.496 e. The number of ether oxygens (including phenoxy) is 1. The van der Waals surface area contributed by atoms with Crippen molar-refractivity contribution in [2.75, 3.05) is 7.11 Å². The van der Waals surface area contributed by atoms with E-state index in [4.69, 9.17) is 4.74 Å². The van der Waals surface area contributed by atoms with Crippen LogP contribution in [0.4, 0.5) is 4.39 Å². The molecule has 0 saturated heterocycles. The lowest BCUT2D eigenvalue weighted by molar-refractivity contribution is 0.406. The van der Waals surface area contributed by atoms with Crippen LogP contribution in [0.25, 0.3) is 0 Å². The van der Waals surface area contributed by atoms with Gasteiger partial charge < -0.3 is 10.1 Å². The molecule has 1 atom stereocenters. The van der Waals surface area contributed by atoms with Crippen molar-refractivity contribution in [2.45, 2.75) is 33.4 Å². The standard InChI is InChI=1S/C18H22FNO/c1-12-5-8-18(21-4)16(9-12)11-20-14(3)15-7-6-13(2)17(19)10-15/h5-10,14,20H,11H2,1-4H3. The molecule has 0 amide bonds. The van der Waals surface area contributed by atoms with Gasteiger partial charge >= 0.3 is 0 Å². The number of hydrogen-bond donors (Lipinski definition) is 1. The SMILES string of the molecule is COc1ccc(C)cc1CNC(C)c1ccc(C)c(F)c1. The quantitative estimate of drug-likeness (QED) is 0.885. The third-order valence-electron chi connectivity index (χ3n) is 3.73. The average Bonchev–Trinajstić information content (AvgIpc) is 2.47. The molecule has 2 aromatic rings. The summed E-state index contributed by atoms with van der Waals surface area (Å²) in [6, 6.07) is 11.6. The number of methoxy groups -OCH3 is 1. The molecule has 1 N–H and O–H groups in total. The highest BCUT2D eigenvalue weighted by Crippen LogP contribution is 2.21. The molecule has 1 unspecified atom stereocenters. The van der Waals surface area contributed by atoms with Gasteiger partial charge in [-0.2, -0.15) is 0 Å². The van der Waals surface area contributed by atoms with Gasteiger partial charge in [-0.15, -0.1) is 0 Å². The Hall–Kier alpha value is -1.87. The van der Waals surface area contributed by atoms with Crippen LogP contribution >= 0.6 is 0 Å². The molecule has 2 aromatic carbocycles. The molecular weight excluding hydrogens is 265 g/mol. The monoisotopic (exact) mass is 287 g/mol. The average molecular weight is 287 g/mol. The second-order valence-corrected chi connectivity index (χ2v) is 5.43. The van der Waals surface area contributed by atoms with Crippen LogP contribution in [0.15, 0.2) is 36.4 Å². The second kappa shape index (κ2) is 6.72. The molecule has 0 aliphatic heterocycles. The van der Waals surface area contributed by atoms with Crippen LogP contribution in [-0.4, -0.2) is 7.11 Å². The molecule has 0 bridgehead atoms. The van der Waals surface area contributed by atoms with Gasteiger partial charge in [0.2, 0.25) is 0 Å². The zero-order valence-electron chi connectivity index (χ0n) is 13.0. The number of rotatable bonds is 5. The normalized spacial score (nSPS) is 12.2. The summed E-state index contributed by atoms with van der Waals surface area (Å²) in [4.78, 5) is 0. The molecule has 2 nitrogen and oxygen atoms in total. The van der Waals surface area contributed by atoms with Crippen molar-refractivity contribution in [3.05, 3.63) is 64.5 Å². The Morgan fingerprint density at radius 3 is 2.57 bits per heavy atom. The number of halogens is 1. The van der Waals surface area contributed by atoms with Gasteiger partial charge in [0.05, 0.1) is 7.11 Å². The molecule has 0 fully saturated rings. The van der Waals surface area contributed by atoms with Gasteiger partial charge in [-0.3, -0.25) is 0 Å². The van der Waals surface area contributed by atoms with Crippen LogP contribution in [0.1, 0.15) is 35.2 Å². The topological polar surface area (TPSA) is 21.3 Å². The van der Waals surface area contributed by atoms with Crippen molar-refractivity contribution in [1.29, 1.82) is 0 Å². The molecule has 3 heteroatoms. The van der Waals surface area contributed by atoms with Gasteiger partial charge in [0.25, 0.3) is 0 Å². The fourth-order valence-electron chi connectivity index (χ4n) is 2.30. The van der Waals surface area contributed by atoms with Crippen molar-refractivity contribution in [2.24, 2.45) is 0 Å². The van der Waals surface area contributed by atoms with Gasteiger partial charge in [0.1, 0.15) is 11.6 Å². The predicted octanol–water partition coefficient (Wildman–Crippen LogP) is 4.30. The van der Waals surface area contributed by atoms with Crippen molar-refractivity contribution < 1.29 is 9.13 Å². The maximum atomic E-state index is 13.6. The molecule has 0 heterocycles. The van der Waals surface area contributed by atoms with E-state index in [-0.39, 0.29) is 11.9 Å². The summed E-state index contributed by atoms with van der Waals surface area (Å²) >= 11 is 0. The van der Waals surface area contributed by atoms with Crippen molar-refractivity contribution in [1.82, 2.24) is 5.32 Å². The van der Waals surface area contributed by atoms with Crippen LogP contribution in [0.3, 0.4) is 0 Å². The van der Waals surface area contributed by atoms with Crippen LogP contribution in [0.2, 0.25) is 0 Å². The first-order valence-electron chi connectivity index (χ1n) is 7.14. The minimum absolute atomic E-state index is 0.0744. The Bertz CT molecular complexity index is 625. The fraction of sp³-hybridized carbons (Fsp3) is 0.333. The molecule has 0 aliphatic carbocycles. The first-order chi connectivity index (χ1) is 10.0. The summed E-state index contributed by atoms with van der Waals surface area (Å²) in [5.74, 6) is 0.713. The highest BCUT2D eigenvalue weighted by molar-refractivity contribution is 5.37. The molecule has 2 rings (SSSR count). The highest BCUT2D eigenvalue weighted by atomic mass is 19.1. The zero-order chi connectivity index (χ0) is 15.4. The summed E-state index contributed by atoms with van der Waals surface area (Å²) in [5, 5.41) is 3.42. The smallest absolute Gasteiger partial charge is 0.126 e. The Morgan fingerprint density at radius 1 is 1.14 bits per heavy atom. The largest absolute Gasteiger partial charge is 0.496 e. The lowest BCUT2D eigenvalue weighted by atomic mass is 10.0. The molecular formula is C18H22FNO. The summed E-state index contributed by atoms with van der Waals surface area (Å²) < 4.78 is 19.0. The summed E-state index contributed by atoms with van der Waals surface area (Å²) in [5.41, 5.74) is 3.93. The molecule has 0 aromatic heterocycles. The van der Waals surface area contributed by atoms with Crippen molar-refractivity contribution in [3.8, 4) is 5.75 Å². The third-order valence-corrected chi connectivity index (χ3v) is 3.73. The number of benzene rings is 2. The lowest BCUT2D eigenvalue weighted by Crippen LogP contribution is -2.18. The van der Waals surface area contributed by atoms with Crippen molar-refractivity contribution >= 4 is 0 Å². The fourth-order valence-corrected chi connectivity index (χ4v) is 2.30. The summed E-state index contributed by atoms with van der Waals surface area (Å²) in [6.07, 6.45) is 0. The maximum absolute atomic E-state index is 13.6. The Balaban J connectivity index is 2.08.